The number of nitrogens with zero attached hydrogens (tertiary/aromatic N) is 1. The average Bonchev–Trinajstić information content (AvgIpc) is 2.59. The zero-order valence-electron chi connectivity index (χ0n) is 18.6. The van der Waals surface area contributed by atoms with Gasteiger partial charge in [0.15, 0.2) is 0 Å². The van der Waals surface area contributed by atoms with Crippen LogP contribution >= 0.6 is 0 Å². The summed E-state index contributed by atoms with van der Waals surface area (Å²) in [5.74, 6) is 0. The molecule has 0 radical (unpaired) electrons. The van der Waals surface area contributed by atoms with E-state index in [0.29, 0.717) is 0 Å². The molecule has 0 unspecified atom stereocenters. The quantitative estimate of drug-likeness (QED) is 0.381. The molecule has 0 spiro atoms. The van der Waals surface area contributed by atoms with Crippen LogP contribution in [-0.2, 0) is 10.8 Å². The first-order valence-corrected chi connectivity index (χ1v) is 9.94. The zero-order chi connectivity index (χ0) is 21.1. The van der Waals surface area contributed by atoms with Crippen molar-refractivity contribution >= 4 is 10.8 Å². The minimum absolute atomic E-state index is 0. The highest BCUT2D eigenvalue weighted by molar-refractivity contribution is 5.84. The number of rotatable bonds is 0. The maximum absolute atomic E-state index is 8.71. The Bertz CT molecular complexity index is 1010. The van der Waals surface area contributed by atoms with Crippen LogP contribution in [0.1, 0.15) is 76.8 Å². The van der Waals surface area contributed by atoms with Gasteiger partial charge >= 0.3 is 0 Å². The van der Waals surface area contributed by atoms with E-state index in [4.69, 9.17) is 5.26 Å². The molecule has 0 amide bonds. The van der Waals surface area contributed by atoms with E-state index in [-0.39, 0.29) is 18.3 Å². The predicted octanol–water partition coefficient (Wildman–Crippen LogP) is 8.25. The molecule has 0 saturated heterocycles. The van der Waals surface area contributed by atoms with Crippen molar-refractivity contribution in [3.63, 3.8) is 0 Å². The van der Waals surface area contributed by atoms with E-state index in [0.717, 1.165) is 5.56 Å². The molecule has 3 aromatic rings. The Hall–Kier alpha value is -2.59. The van der Waals surface area contributed by atoms with Crippen molar-refractivity contribution in [1.82, 2.24) is 0 Å². The Balaban J connectivity index is 0.000000284. The smallest absolute Gasteiger partial charge is 0.0991 e. The second-order valence-corrected chi connectivity index (χ2v) is 9.66. The van der Waals surface area contributed by atoms with Crippen molar-refractivity contribution < 1.29 is 0 Å². The van der Waals surface area contributed by atoms with Crippen LogP contribution < -0.4 is 0 Å². The molecular formula is C28H37N. The third-order valence-electron chi connectivity index (χ3n) is 5.06. The Labute approximate surface area is 178 Å². The van der Waals surface area contributed by atoms with Gasteiger partial charge < -0.3 is 0 Å². The number of aryl methyl sites for hydroxylation is 2. The Kier molecular flexibility index (Phi) is 7.82. The third kappa shape index (κ3) is 6.20. The normalized spacial score (nSPS) is 11.1. The van der Waals surface area contributed by atoms with Gasteiger partial charge in [-0.15, -0.1) is 0 Å². The van der Waals surface area contributed by atoms with E-state index >= 15 is 0 Å². The maximum Gasteiger partial charge on any atom is 0.0991 e. The number of nitriles is 1. The zero-order valence-corrected chi connectivity index (χ0v) is 18.6. The largest absolute Gasteiger partial charge is 0.192 e. The summed E-state index contributed by atoms with van der Waals surface area (Å²) in [5.41, 5.74) is 6.48. The van der Waals surface area contributed by atoms with Crippen LogP contribution in [0.15, 0.2) is 54.6 Å². The van der Waals surface area contributed by atoms with Crippen LogP contribution in [0.25, 0.3) is 10.8 Å². The number of fused-ring (bicyclic) bond motifs is 1. The lowest BCUT2D eigenvalue weighted by atomic mass is 9.83. The van der Waals surface area contributed by atoms with Gasteiger partial charge in [0.2, 0.25) is 0 Å². The summed E-state index contributed by atoms with van der Waals surface area (Å²) in [6, 6.07) is 21.2. The van der Waals surface area contributed by atoms with Gasteiger partial charge in [0.25, 0.3) is 0 Å². The molecule has 0 atom stereocenters. The molecule has 0 saturated carbocycles. The molecule has 0 aliphatic carbocycles. The Morgan fingerprint density at radius 3 is 1.59 bits per heavy atom. The van der Waals surface area contributed by atoms with Gasteiger partial charge in [-0.2, -0.15) is 5.26 Å². The second-order valence-electron chi connectivity index (χ2n) is 9.66. The van der Waals surface area contributed by atoms with Crippen LogP contribution in [0.3, 0.4) is 0 Å². The molecule has 0 N–H and O–H groups in total. The Morgan fingerprint density at radius 2 is 1.14 bits per heavy atom. The van der Waals surface area contributed by atoms with E-state index in [2.05, 4.69) is 97.9 Å². The molecule has 1 nitrogen and oxygen atoms in total. The van der Waals surface area contributed by atoms with Gasteiger partial charge in [-0.05, 0) is 69.8 Å². The van der Waals surface area contributed by atoms with Crippen LogP contribution in [0.5, 0.6) is 0 Å². The number of hydrogen-bond acceptors (Lipinski definition) is 1. The summed E-state index contributed by atoms with van der Waals surface area (Å²) in [6.07, 6.45) is 0. The van der Waals surface area contributed by atoms with E-state index in [1.165, 1.54) is 33.0 Å². The first-order valence-electron chi connectivity index (χ1n) is 9.94. The standard InChI is InChI=1S/C15H18.C12H15N.CH4/c1-11-9-12-7-5-6-8-13(12)10-14(11)15(2,3)4;1-9-7-10(8-13)5-6-11(9)12(2,3)4;/h5-10H,1-4H3;5-7H,1-4H3;1H4. The van der Waals surface area contributed by atoms with Gasteiger partial charge in [0, 0.05) is 0 Å². The summed E-state index contributed by atoms with van der Waals surface area (Å²) < 4.78 is 0. The highest BCUT2D eigenvalue weighted by atomic mass is 14.2. The summed E-state index contributed by atoms with van der Waals surface area (Å²) in [7, 11) is 0. The van der Waals surface area contributed by atoms with Gasteiger partial charge in [0.05, 0.1) is 11.6 Å². The van der Waals surface area contributed by atoms with Crippen LogP contribution in [0.4, 0.5) is 0 Å². The second kappa shape index (κ2) is 9.27. The van der Waals surface area contributed by atoms with Crippen molar-refractivity contribution in [2.24, 2.45) is 0 Å². The summed E-state index contributed by atoms with van der Waals surface area (Å²) in [4.78, 5) is 0. The Morgan fingerprint density at radius 1 is 0.655 bits per heavy atom. The van der Waals surface area contributed by atoms with Gasteiger partial charge in [-0.1, -0.05) is 91.4 Å². The molecule has 0 heterocycles. The lowest BCUT2D eigenvalue weighted by Crippen LogP contribution is -2.12. The first kappa shape index (κ1) is 24.4. The van der Waals surface area contributed by atoms with Crippen molar-refractivity contribution in [1.29, 1.82) is 5.26 Å². The molecule has 3 rings (SSSR count). The summed E-state index contributed by atoms with van der Waals surface area (Å²) >= 11 is 0. The van der Waals surface area contributed by atoms with Crippen LogP contribution in [0.2, 0.25) is 0 Å². The SMILES string of the molecule is C.Cc1cc(C#N)ccc1C(C)(C)C.Cc1cc2ccccc2cc1C(C)(C)C. The monoisotopic (exact) mass is 387 g/mol. The van der Waals surface area contributed by atoms with Crippen LogP contribution in [0, 0.1) is 25.2 Å². The topological polar surface area (TPSA) is 23.8 Å². The summed E-state index contributed by atoms with van der Waals surface area (Å²) in [6.45, 7) is 17.6. The third-order valence-corrected chi connectivity index (χ3v) is 5.06. The fourth-order valence-corrected chi connectivity index (χ4v) is 3.74. The van der Waals surface area contributed by atoms with E-state index in [1.807, 2.05) is 18.2 Å². The molecule has 0 aliphatic rings. The molecule has 154 valence electrons. The predicted molar refractivity (Wildman–Crippen MR) is 129 cm³/mol. The fraction of sp³-hybridized carbons (Fsp3) is 0.393. The molecule has 0 fully saturated rings. The number of benzene rings is 3. The van der Waals surface area contributed by atoms with Gasteiger partial charge in [0.1, 0.15) is 0 Å². The molecule has 0 aliphatic heterocycles. The minimum Gasteiger partial charge on any atom is -0.192 e. The van der Waals surface area contributed by atoms with Crippen molar-refractivity contribution in [2.45, 2.75) is 73.6 Å². The van der Waals surface area contributed by atoms with Crippen molar-refractivity contribution in [2.75, 3.05) is 0 Å². The lowest BCUT2D eigenvalue weighted by molar-refractivity contribution is 0.586. The maximum atomic E-state index is 8.71. The van der Waals surface area contributed by atoms with Crippen molar-refractivity contribution in [3.8, 4) is 6.07 Å². The molecule has 0 aromatic heterocycles. The molecule has 3 aromatic carbocycles. The highest BCUT2D eigenvalue weighted by Crippen LogP contribution is 2.29. The molecule has 29 heavy (non-hydrogen) atoms. The molecular weight excluding hydrogens is 350 g/mol. The van der Waals surface area contributed by atoms with Crippen LogP contribution in [-0.4, -0.2) is 0 Å². The van der Waals surface area contributed by atoms with Gasteiger partial charge in [-0.25, -0.2) is 0 Å². The fourth-order valence-electron chi connectivity index (χ4n) is 3.74. The summed E-state index contributed by atoms with van der Waals surface area (Å²) in [5, 5.41) is 11.4. The molecule has 0 bridgehead atoms. The van der Waals surface area contributed by atoms with Crippen molar-refractivity contribution in [3.05, 3.63) is 82.4 Å². The lowest BCUT2D eigenvalue weighted by Gasteiger charge is -2.22. The van der Waals surface area contributed by atoms with E-state index in [9.17, 15) is 0 Å². The van der Waals surface area contributed by atoms with E-state index in [1.54, 1.807) is 0 Å². The van der Waals surface area contributed by atoms with Gasteiger partial charge in [-0.3, -0.25) is 0 Å². The minimum atomic E-state index is 0. The highest BCUT2D eigenvalue weighted by Gasteiger charge is 2.17. The number of hydrogen-bond donors (Lipinski definition) is 0. The average molecular weight is 388 g/mol. The first-order chi connectivity index (χ1) is 12.9. The molecule has 1 heteroatoms. The van der Waals surface area contributed by atoms with E-state index < -0.39 is 0 Å².